The van der Waals surface area contributed by atoms with Gasteiger partial charge >= 0.3 is 0 Å². The van der Waals surface area contributed by atoms with Crippen molar-refractivity contribution >= 4 is 5.95 Å². The maximum absolute atomic E-state index is 5.43. The van der Waals surface area contributed by atoms with Gasteiger partial charge in [-0.25, -0.2) is 14.6 Å². The zero-order chi connectivity index (χ0) is 19.3. The zero-order valence-electron chi connectivity index (χ0n) is 16.4. The monoisotopic (exact) mass is 378 g/mol. The van der Waals surface area contributed by atoms with E-state index in [1.165, 1.54) is 19.4 Å². The Morgan fingerprint density at radius 2 is 2.14 bits per heavy atom. The van der Waals surface area contributed by atoms with Gasteiger partial charge in [0.2, 0.25) is 5.95 Å². The van der Waals surface area contributed by atoms with Crippen LogP contribution in [0.1, 0.15) is 19.3 Å². The highest BCUT2D eigenvalue weighted by Gasteiger charge is 2.20. The minimum absolute atomic E-state index is 0.656. The second-order valence-corrected chi connectivity index (χ2v) is 7.10. The number of aromatic nitrogens is 4. The minimum atomic E-state index is 0.656. The Kier molecular flexibility index (Phi) is 5.53. The summed E-state index contributed by atoms with van der Waals surface area (Å²) < 4.78 is 7.23. The summed E-state index contributed by atoms with van der Waals surface area (Å²) in [7, 11) is 3.86. The molecule has 0 unspecified atom stereocenters. The molecule has 7 nitrogen and oxygen atoms in total. The number of hydrogen-bond acceptors (Lipinski definition) is 6. The van der Waals surface area contributed by atoms with Crippen molar-refractivity contribution in [3.8, 4) is 22.7 Å². The summed E-state index contributed by atoms with van der Waals surface area (Å²) in [5.41, 5.74) is 2.67. The average Bonchev–Trinajstić information content (AvgIpc) is 3.38. The third kappa shape index (κ3) is 3.99. The third-order valence-corrected chi connectivity index (χ3v) is 5.30. The Bertz CT molecular complexity index is 925. The van der Waals surface area contributed by atoms with Crippen LogP contribution in [-0.2, 0) is 0 Å². The maximum atomic E-state index is 5.43. The van der Waals surface area contributed by atoms with Gasteiger partial charge in [0.15, 0.2) is 0 Å². The number of methoxy groups -OCH3 is 1. The fourth-order valence-corrected chi connectivity index (χ4v) is 3.71. The molecule has 0 aliphatic carbocycles. The van der Waals surface area contributed by atoms with Crippen molar-refractivity contribution in [3.63, 3.8) is 0 Å². The van der Waals surface area contributed by atoms with Crippen LogP contribution in [0.4, 0.5) is 5.95 Å². The molecule has 0 amide bonds. The van der Waals surface area contributed by atoms with Gasteiger partial charge in [-0.05, 0) is 51.1 Å². The molecule has 1 aliphatic rings. The summed E-state index contributed by atoms with van der Waals surface area (Å²) in [6.07, 6.45) is 9.23. The van der Waals surface area contributed by atoms with Crippen molar-refractivity contribution in [1.29, 1.82) is 0 Å². The van der Waals surface area contributed by atoms with Gasteiger partial charge in [-0.2, -0.15) is 5.10 Å². The fourth-order valence-electron chi connectivity index (χ4n) is 3.71. The van der Waals surface area contributed by atoms with Gasteiger partial charge in [0.1, 0.15) is 11.4 Å². The van der Waals surface area contributed by atoms with E-state index >= 15 is 0 Å². The minimum Gasteiger partial charge on any atom is -0.494 e. The molecule has 1 N–H and O–H groups in total. The molecule has 3 heterocycles. The molecule has 0 spiro atoms. The van der Waals surface area contributed by atoms with E-state index < -0.39 is 0 Å². The lowest BCUT2D eigenvalue weighted by molar-refractivity contribution is 0.301. The number of para-hydroxylation sites is 2. The lowest BCUT2D eigenvalue weighted by Crippen LogP contribution is -2.27. The SMILES string of the molecule is COc1ccccc1-n1cc(-c2ccnc(NCC[C@H]3CCCN3C)n2)cn1. The van der Waals surface area contributed by atoms with Crippen LogP contribution in [0.3, 0.4) is 0 Å². The molecular weight excluding hydrogens is 352 g/mol. The van der Waals surface area contributed by atoms with Gasteiger partial charge in [-0.1, -0.05) is 12.1 Å². The Hall–Kier alpha value is -2.93. The summed E-state index contributed by atoms with van der Waals surface area (Å²) >= 11 is 0. The molecule has 1 aliphatic heterocycles. The number of ether oxygens (including phenoxy) is 1. The van der Waals surface area contributed by atoms with Crippen LogP contribution in [0, 0.1) is 0 Å². The summed E-state index contributed by atoms with van der Waals surface area (Å²) in [5, 5.41) is 7.84. The van der Waals surface area contributed by atoms with Crippen LogP contribution in [0.2, 0.25) is 0 Å². The van der Waals surface area contributed by atoms with Crippen molar-refractivity contribution in [2.45, 2.75) is 25.3 Å². The number of nitrogens with one attached hydrogen (secondary N) is 1. The van der Waals surface area contributed by atoms with Crippen molar-refractivity contribution in [2.75, 3.05) is 32.6 Å². The van der Waals surface area contributed by atoms with Crippen molar-refractivity contribution in [2.24, 2.45) is 0 Å². The van der Waals surface area contributed by atoms with Crippen molar-refractivity contribution in [1.82, 2.24) is 24.6 Å². The molecule has 4 rings (SSSR count). The molecule has 7 heteroatoms. The smallest absolute Gasteiger partial charge is 0.223 e. The largest absolute Gasteiger partial charge is 0.494 e. The highest BCUT2D eigenvalue weighted by molar-refractivity contribution is 5.59. The average molecular weight is 378 g/mol. The second kappa shape index (κ2) is 8.39. The summed E-state index contributed by atoms with van der Waals surface area (Å²) in [4.78, 5) is 11.4. The van der Waals surface area contributed by atoms with Gasteiger partial charge in [0.25, 0.3) is 0 Å². The lowest BCUT2D eigenvalue weighted by atomic mass is 10.1. The van der Waals surface area contributed by atoms with Gasteiger partial charge in [-0.3, -0.25) is 0 Å². The first-order valence-electron chi connectivity index (χ1n) is 9.70. The molecule has 2 aromatic heterocycles. The summed E-state index contributed by atoms with van der Waals surface area (Å²) in [5.74, 6) is 1.43. The topological polar surface area (TPSA) is 68.1 Å². The number of anilines is 1. The molecule has 0 saturated carbocycles. The molecule has 1 saturated heterocycles. The van der Waals surface area contributed by atoms with E-state index in [-0.39, 0.29) is 0 Å². The Morgan fingerprint density at radius 1 is 1.25 bits per heavy atom. The van der Waals surface area contributed by atoms with E-state index in [4.69, 9.17) is 4.74 Å². The molecule has 1 atom stereocenters. The Balaban J connectivity index is 1.45. The highest BCUT2D eigenvalue weighted by atomic mass is 16.5. The van der Waals surface area contributed by atoms with E-state index in [2.05, 4.69) is 32.3 Å². The van der Waals surface area contributed by atoms with Crippen LogP contribution >= 0.6 is 0 Å². The first-order valence-corrected chi connectivity index (χ1v) is 9.70. The normalized spacial score (nSPS) is 17.0. The molecule has 0 radical (unpaired) electrons. The molecular formula is C21H26N6O. The van der Waals surface area contributed by atoms with Crippen LogP contribution in [-0.4, -0.2) is 57.9 Å². The van der Waals surface area contributed by atoms with E-state index in [1.54, 1.807) is 18.0 Å². The molecule has 1 fully saturated rings. The van der Waals surface area contributed by atoms with Gasteiger partial charge in [0.05, 0.1) is 19.0 Å². The predicted octanol–water partition coefficient (Wildman–Crippen LogP) is 3.23. The number of rotatable bonds is 7. The molecule has 146 valence electrons. The van der Waals surface area contributed by atoms with Crippen molar-refractivity contribution in [3.05, 3.63) is 48.9 Å². The number of benzene rings is 1. The summed E-state index contributed by atoms with van der Waals surface area (Å²) in [6, 6.07) is 10.4. The van der Waals surface area contributed by atoms with E-state index in [1.807, 2.05) is 42.7 Å². The first-order chi connectivity index (χ1) is 13.7. The second-order valence-electron chi connectivity index (χ2n) is 7.10. The lowest BCUT2D eigenvalue weighted by Gasteiger charge is -2.19. The zero-order valence-corrected chi connectivity index (χ0v) is 16.4. The molecule has 3 aromatic rings. The first kappa shape index (κ1) is 18.4. The fraction of sp³-hybridized carbons (Fsp3) is 0.381. The van der Waals surface area contributed by atoms with Gasteiger partial charge in [-0.15, -0.1) is 0 Å². The third-order valence-electron chi connectivity index (χ3n) is 5.30. The quantitative estimate of drug-likeness (QED) is 0.681. The molecule has 0 bridgehead atoms. The van der Waals surface area contributed by atoms with Gasteiger partial charge in [0, 0.05) is 30.5 Å². The van der Waals surface area contributed by atoms with E-state index in [9.17, 15) is 0 Å². The van der Waals surface area contributed by atoms with Crippen LogP contribution in [0.15, 0.2) is 48.9 Å². The highest BCUT2D eigenvalue weighted by Crippen LogP contribution is 2.24. The van der Waals surface area contributed by atoms with E-state index in [0.717, 1.165) is 35.7 Å². The standard InChI is InChI=1S/C21H26N6O/c1-26-13-5-6-17(26)9-11-22-21-23-12-10-18(25-21)16-14-24-27(15-16)19-7-3-4-8-20(19)28-2/h3-4,7-8,10,12,14-15,17H,5-6,9,11,13H2,1-2H3,(H,22,23,25)/t17-/m1/s1. The van der Waals surface area contributed by atoms with Crippen LogP contribution in [0.5, 0.6) is 5.75 Å². The van der Waals surface area contributed by atoms with Crippen LogP contribution < -0.4 is 10.1 Å². The summed E-state index contributed by atoms with van der Waals surface area (Å²) in [6.45, 7) is 2.08. The number of hydrogen-bond donors (Lipinski definition) is 1. The van der Waals surface area contributed by atoms with Gasteiger partial charge < -0.3 is 15.0 Å². The molecule has 28 heavy (non-hydrogen) atoms. The molecule has 1 aromatic carbocycles. The Labute approximate surface area is 165 Å². The Morgan fingerprint density at radius 3 is 2.96 bits per heavy atom. The van der Waals surface area contributed by atoms with E-state index in [0.29, 0.717) is 12.0 Å². The maximum Gasteiger partial charge on any atom is 0.223 e. The van der Waals surface area contributed by atoms with Crippen molar-refractivity contribution < 1.29 is 4.74 Å². The predicted molar refractivity (Wildman–Crippen MR) is 110 cm³/mol. The number of likely N-dealkylation sites (tertiary alicyclic amines) is 1. The van der Waals surface area contributed by atoms with Crippen LogP contribution in [0.25, 0.3) is 16.9 Å². The number of nitrogens with zero attached hydrogens (tertiary/aromatic N) is 5.